The molecule has 0 saturated carbocycles. The van der Waals surface area contributed by atoms with E-state index in [1.165, 1.54) is 7.11 Å². The van der Waals surface area contributed by atoms with Gasteiger partial charge in [-0.15, -0.1) is 0 Å². The van der Waals surface area contributed by atoms with Crippen molar-refractivity contribution in [1.29, 1.82) is 0 Å². The van der Waals surface area contributed by atoms with Crippen LogP contribution in [0.2, 0.25) is 0 Å². The van der Waals surface area contributed by atoms with Crippen LogP contribution in [0.5, 0.6) is 11.5 Å². The van der Waals surface area contributed by atoms with E-state index >= 15 is 0 Å². The molecule has 0 aliphatic heterocycles. The van der Waals surface area contributed by atoms with E-state index in [1.54, 1.807) is 32.4 Å². The van der Waals surface area contributed by atoms with Gasteiger partial charge in [0.1, 0.15) is 11.5 Å². The van der Waals surface area contributed by atoms with Crippen molar-refractivity contribution >= 4 is 45.3 Å². The molecule has 2 aromatic heterocycles. The molecule has 2 heterocycles. The Labute approximate surface area is 357 Å². The van der Waals surface area contributed by atoms with Gasteiger partial charge in [-0.25, -0.2) is 9.59 Å². The van der Waals surface area contributed by atoms with Crippen molar-refractivity contribution in [3.63, 3.8) is 0 Å². The molecule has 0 spiro atoms. The van der Waals surface area contributed by atoms with Crippen molar-refractivity contribution < 1.29 is 38.5 Å². The first kappa shape index (κ1) is 42.9. The number of aromatic nitrogens is 2. The largest absolute Gasteiger partial charge is 0.497 e. The number of nitrogens with zero attached hydrogens (tertiary/aromatic N) is 2. The molecule has 0 amide bonds. The first-order valence-electron chi connectivity index (χ1n) is 21.0. The Morgan fingerprint density at radius 1 is 0.656 bits per heavy atom. The van der Waals surface area contributed by atoms with Gasteiger partial charge in [0.15, 0.2) is 11.6 Å². The Balaban J connectivity index is 0.000000185. The van der Waals surface area contributed by atoms with E-state index in [2.05, 4.69) is 50.7 Å². The van der Waals surface area contributed by atoms with E-state index in [9.17, 15) is 24.3 Å². The van der Waals surface area contributed by atoms with Crippen LogP contribution >= 0.6 is 0 Å². The molecular formula is C51H56N2O8. The second kappa shape index (κ2) is 16.4. The normalized spacial score (nSPS) is 16.0. The van der Waals surface area contributed by atoms with E-state index in [0.717, 1.165) is 92.6 Å². The van der Waals surface area contributed by atoms with Crippen LogP contribution in [0.4, 0.5) is 0 Å². The van der Waals surface area contributed by atoms with E-state index in [-0.39, 0.29) is 33.9 Å². The second-order valence-electron chi connectivity index (χ2n) is 17.8. The van der Waals surface area contributed by atoms with Crippen LogP contribution in [0.25, 0.3) is 21.8 Å². The number of ketones is 2. The minimum Gasteiger partial charge on any atom is -0.497 e. The van der Waals surface area contributed by atoms with E-state index in [1.807, 2.05) is 66.7 Å². The monoisotopic (exact) mass is 824 g/mol. The maximum absolute atomic E-state index is 14.0. The molecular weight excluding hydrogens is 769 g/mol. The Morgan fingerprint density at radius 2 is 1.13 bits per heavy atom. The lowest BCUT2D eigenvalue weighted by Crippen LogP contribution is -2.43. The van der Waals surface area contributed by atoms with Gasteiger partial charge in [-0.1, -0.05) is 65.8 Å². The van der Waals surface area contributed by atoms with Gasteiger partial charge < -0.3 is 28.5 Å². The molecule has 8 rings (SSSR count). The average Bonchev–Trinajstić information content (AvgIpc) is 3.77. The number of Topliss-reactive ketones (excluding diaryl/α,β-unsaturated/α-hetero) is 2. The number of rotatable bonds is 10. The topological polar surface area (TPSA) is 126 Å². The summed E-state index contributed by atoms with van der Waals surface area (Å²) in [4.78, 5) is 50.8. The number of fused-ring (bicyclic) bond motifs is 6. The van der Waals surface area contributed by atoms with Crippen molar-refractivity contribution in [3.05, 3.63) is 130 Å². The summed E-state index contributed by atoms with van der Waals surface area (Å²) < 4.78 is 19.6. The van der Waals surface area contributed by atoms with Crippen molar-refractivity contribution in [1.82, 2.24) is 9.13 Å². The van der Waals surface area contributed by atoms with Crippen molar-refractivity contribution in [2.45, 2.75) is 97.6 Å². The fourth-order valence-corrected chi connectivity index (χ4v) is 9.90. The third-order valence-corrected chi connectivity index (χ3v) is 13.2. The summed E-state index contributed by atoms with van der Waals surface area (Å²) >= 11 is 0. The molecule has 61 heavy (non-hydrogen) atoms. The molecule has 318 valence electrons. The zero-order valence-electron chi connectivity index (χ0n) is 36.7. The van der Waals surface area contributed by atoms with Gasteiger partial charge in [0.2, 0.25) is 0 Å². The maximum Gasteiger partial charge on any atom is 0.337 e. The highest BCUT2D eigenvalue weighted by Crippen LogP contribution is 2.52. The van der Waals surface area contributed by atoms with Crippen LogP contribution in [0.1, 0.15) is 138 Å². The smallest absolute Gasteiger partial charge is 0.337 e. The lowest BCUT2D eigenvalue weighted by molar-refractivity contribution is 0.0599. The summed E-state index contributed by atoms with van der Waals surface area (Å²) in [6.45, 7) is 14.0. The summed E-state index contributed by atoms with van der Waals surface area (Å²) in [5.41, 5.74) is 7.44. The van der Waals surface area contributed by atoms with Gasteiger partial charge in [-0.2, -0.15) is 0 Å². The molecule has 2 aliphatic carbocycles. The number of esters is 1. The number of hydrogen-bond donors (Lipinski definition) is 1. The Hall–Kier alpha value is -6.16. The van der Waals surface area contributed by atoms with E-state index < -0.39 is 11.4 Å². The molecule has 6 aromatic rings. The highest BCUT2D eigenvalue weighted by molar-refractivity contribution is 6.09. The third-order valence-electron chi connectivity index (χ3n) is 13.2. The Morgan fingerprint density at radius 3 is 1.61 bits per heavy atom. The number of aromatic carboxylic acids is 1. The zero-order chi connectivity index (χ0) is 44.0. The molecule has 4 aromatic carbocycles. The standard InChI is InChI=1S/C27H31NO4.C24H25NO4/c1-6-27(7-2)16-26(3,4)22-20-14-18(25(30)31)10-13-21(20)28(23(22)24(27)29)15-17-8-11-19(32-5)12-9-17;1-24(2)12-11-20(26)22-21(24)18-13-16(23(27)29-4)7-10-19(18)25(22)14-15-5-8-17(28-3)9-6-15/h8-14H,6-7,15-16H2,1-5H3,(H,30,31);5-10,13H,11-12,14H2,1-4H3. The predicted octanol–water partition coefficient (Wildman–Crippen LogP) is 10.8. The summed E-state index contributed by atoms with van der Waals surface area (Å²) in [6, 6.07) is 26.5. The molecule has 0 fully saturated rings. The SMILES string of the molecule is CCC1(CC)CC(C)(C)c2c(n(Cc3ccc(OC)cc3)c3ccc(C(=O)O)cc23)C1=O.COC(=O)c1ccc2c(c1)c1c(n2Cc2ccc(OC)cc2)C(=O)CCC1(C)C. The first-order valence-corrected chi connectivity index (χ1v) is 21.0. The van der Waals surface area contributed by atoms with Gasteiger partial charge in [0.05, 0.1) is 43.8 Å². The number of carboxylic acids is 1. The summed E-state index contributed by atoms with van der Waals surface area (Å²) in [5, 5.41) is 11.4. The lowest BCUT2D eigenvalue weighted by atomic mass is 9.59. The summed E-state index contributed by atoms with van der Waals surface area (Å²) in [6.07, 6.45) is 3.66. The Bertz CT molecular complexity index is 2670. The van der Waals surface area contributed by atoms with Gasteiger partial charge >= 0.3 is 11.9 Å². The van der Waals surface area contributed by atoms with Crippen molar-refractivity contribution in [2.75, 3.05) is 21.3 Å². The zero-order valence-corrected chi connectivity index (χ0v) is 36.7. The van der Waals surface area contributed by atoms with Gasteiger partial charge in [-0.05, 0) is 119 Å². The van der Waals surface area contributed by atoms with Crippen molar-refractivity contribution in [3.8, 4) is 11.5 Å². The van der Waals surface area contributed by atoms with Gasteiger partial charge in [-0.3, -0.25) is 9.59 Å². The lowest BCUT2D eigenvalue weighted by Gasteiger charge is -2.43. The molecule has 0 saturated heterocycles. The first-order chi connectivity index (χ1) is 29.0. The van der Waals surface area contributed by atoms with Crippen LogP contribution in [0.3, 0.4) is 0 Å². The maximum atomic E-state index is 14.0. The summed E-state index contributed by atoms with van der Waals surface area (Å²) in [7, 11) is 4.66. The van der Waals surface area contributed by atoms with Crippen LogP contribution < -0.4 is 9.47 Å². The number of carboxylic acid groups (broad SMARTS) is 1. The summed E-state index contributed by atoms with van der Waals surface area (Å²) in [5.74, 6) is 0.589. The molecule has 0 bridgehead atoms. The minimum absolute atomic E-state index is 0.151. The quantitative estimate of drug-likeness (QED) is 0.135. The number of ether oxygens (including phenoxy) is 3. The highest BCUT2D eigenvalue weighted by atomic mass is 16.5. The van der Waals surface area contributed by atoms with Gasteiger partial charge in [0, 0.05) is 46.7 Å². The molecule has 0 atom stereocenters. The molecule has 10 heteroatoms. The van der Waals surface area contributed by atoms with Crippen LogP contribution in [-0.2, 0) is 28.7 Å². The molecule has 1 N–H and O–H groups in total. The fraction of sp³-hybridized carbons (Fsp3) is 0.373. The molecule has 0 unspecified atom stereocenters. The second-order valence-corrected chi connectivity index (χ2v) is 17.8. The van der Waals surface area contributed by atoms with Crippen molar-refractivity contribution in [2.24, 2.45) is 5.41 Å². The number of benzene rings is 4. The average molecular weight is 825 g/mol. The van der Waals surface area contributed by atoms with E-state index in [4.69, 9.17) is 14.2 Å². The third kappa shape index (κ3) is 7.62. The number of methoxy groups -OCH3 is 3. The highest BCUT2D eigenvalue weighted by Gasteiger charge is 2.50. The number of carbonyl (C=O) groups excluding carboxylic acids is 3. The number of carbonyl (C=O) groups is 4. The molecule has 10 nitrogen and oxygen atoms in total. The Kier molecular flexibility index (Phi) is 11.5. The fourth-order valence-electron chi connectivity index (χ4n) is 9.90. The predicted molar refractivity (Wildman–Crippen MR) is 238 cm³/mol. The van der Waals surface area contributed by atoms with Crippen LogP contribution in [0, 0.1) is 5.41 Å². The molecule has 2 aliphatic rings. The van der Waals surface area contributed by atoms with Crippen LogP contribution in [0.15, 0.2) is 84.9 Å². The van der Waals surface area contributed by atoms with E-state index in [0.29, 0.717) is 25.1 Å². The minimum atomic E-state index is -0.958. The van der Waals surface area contributed by atoms with Crippen LogP contribution in [-0.4, -0.2) is 59.1 Å². The van der Waals surface area contributed by atoms with Gasteiger partial charge in [0.25, 0.3) is 0 Å². The molecule has 0 radical (unpaired) electrons. The number of hydrogen-bond acceptors (Lipinski definition) is 7.